The summed E-state index contributed by atoms with van der Waals surface area (Å²) >= 11 is 0. The van der Waals surface area contributed by atoms with E-state index in [9.17, 15) is 9.59 Å². The Balaban J connectivity index is 1.18. The summed E-state index contributed by atoms with van der Waals surface area (Å²) in [4.78, 5) is 40.9. The number of carbonyl (C=O) groups is 1. The number of piperidine rings is 2. The molecule has 2 aliphatic rings. The third-order valence-corrected chi connectivity index (χ3v) is 6.52. The highest BCUT2D eigenvalue weighted by Gasteiger charge is 2.31. The molecule has 2 saturated heterocycles. The minimum absolute atomic E-state index is 0.0654. The molecule has 3 aromatic heterocycles. The lowest BCUT2D eigenvalue weighted by molar-refractivity contribution is 0.0557. The molecule has 0 aliphatic carbocycles. The van der Waals surface area contributed by atoms with E-state index in [1.54, 1.807) is 24.7 Å². The Bertz CT molecular complexity index is 1080. The van der Waals surface area contributed by atoms with Crippen LogP contribution in [0, 0.1) is 0 Å². The van der Waals surface area contributed by atoms with Crippen LogP contribution in [0.15, 0.2) is 47.7 Å². The fourth-order valence-corrected chi connectivity index (χ4v) is 4.91. The van der Waals surface area contributed by atoms with Crippen LogP contribution in [0.3, 0.4) is 0 Å². The lowest BCUT2D eigenvalue weighted by Gasteiger charge is -2.41. The molecule has 1 amide bonds. The summed E-state index contributed by atoms with van der Waals surface area (Å²) in [6.07, 6.45) is 8.93. The van der Waals surface area contributed by atoms with Crippen molar-refractivity contribution in [1.82, 2.24) is 29.3 Å². The van der Waals surface area contributed by atoms with E-state index in [1.165, 1.54) is 0 Å². The van der Waals surface area contributed by atoms with Gasteiger partial charge < -0.3 is 14.8 Å². The number of amides is 1. The van der Waals surface area contributed by atoms with E-state index in [2.05, 4.69) is 19.9 Å². The number of carbonyl (C=O) groups excluding carboxylic acids is 1. The lowest BCUT2D eigenvalue weighted by atomic mass is 9.97. The second kappa shape index (κ2) is 8.02. The van der Waals surface area contributed by atoms with E-state index >= 15 is 0 Å². The van der Waals surface area contributed by atoms with Gasteiger partial charge in [-0.3, -0.25) is 14.3 Å². The quantitative estimate of drug-likeness (QED) is 0.719. The molecule has 5 heterocycles. The van der Waals surface area contributed by atoms with Gasteiger partial charge in [0, 0.05) is 56.9 Å². The van der Waals surface area contributed by atoms with Crippen LogP contribution in [0.2, 0.25) is 0 Å². The number of aromatic amines is 1. The van der Waals surface area contributed by atoms with Crippen molar-refractivity contribution in [2.75, 3.05) is 26.2 Å². The molecule has 0 unspecified atom stereocenters. The maximum Gasteiger partial charge on any atom is 0.327 e. The van der Waals surface area contributed by atoms with Crippen molar-refractivity contribution < 1.29 is 4.79 Å². The van der Waals surface area contributed by atoms with Crippen LogP contribution in [0.5, 0.6) is 0 Å². The van der Waals surface area contributed by atoms with Crippen molar-refractivity contribution in [2.24, 2.45) is 0 Å². The Kier molecular flexibility index (Phi) is 5.08. The molecular weight excluding hydrogens is 380 g/mol. The van der Waals surface area contributed by atoms with Crippen LogP contribution in [0.1, 0.15) is 42.1 Å². The zero-order chi connectivity index (χ0) is 20.5. The summed E-state index contributed by atoms with van der Waals surface area (Å²) in [6.45, 7) is 3.50. The topological polar surface area (TPSA) is 87.1 Å². The number of pyridine rings is 2. The number of fused-ring (bicyclic) bond motifs is 1. The molecule has 0 bridgehead atoms. The van der Waals surface area contributed by atoms with Gasteiger partial charge in [-0.2, -0.15) is 0 Å². The van der Waals surface area contributed by atoms with Gasteiger partial charge in [0.05, 0.1) is 11.1 Å². The van der Waals surface area contributed by atoms with Gasteiger partial charge in [0.2, 0.25) is 0 Å². The summed E-state index contributed by atoms with van der Waals surface area (Å²) in [7, 11) is 0. The molecule has 0 saturated carbocycles. The zero-order valence-corrected chi connectivity index (χ0v) is 16.9. The summed E-state index contributed by atoms with van der Waals surface area (Å²) in [5, 5.41) is 0. The maximum atomic E-state index is 12.6. The maximum absolute atomic E-state index is 12.6. The van der Waals surface area contributed by atoms with Crippen molar-refractivity contribution in [1.29, 1.82) is 0 Å². The number of nitrogens with one attached hydrogen (secondary N) is 1. The number of aromatic nitrogens is 4. The number of likely N-dealkylation sites (tertiary alicyclic amines) is 2. The van der Waals surface area contributed by atoms with Gasteiger partial charge in [-0.05, 0) is 49.9 Å². The molecule has 1 N–H and O–H groups in total. The van der Waals surface area contributed by atoms with Gasteiger partial charge in [-0.1, -0.05) is 0 Å². The van der Waals surface area contributed by atoms with E-state index in [0.29, 0.717) is 11.6 Å². The highest BCUT2D eigenvalue weighted by molar-refractivity contribution is 5.93. The van der Waals surface area contributed by atoms with Crippen molar-refractivity contribution >= 4 is 17.1 Å². The third kappa shape index (κ3) is 3.52. The van der Waals surface area contributed by atoms with E-state index in [1.807, 2.05) is 27.7 Å². The van der Waals surface area contributed by atoms with Crippen LogP contribution >= 0.6 is 0 Å². The zero-order valence-electron chi connectivity index (χ0n) is 16.9. The van der Waals surface area contributed by atoms with Crippen molar-refractivity contribution in [3.05, 3.63) is 58.9 Å². The average molecular weight is 406 g/mol. The first kappa shape index (κ1) is 19.0. The Hall–Kier alpha value is -3.00. The normalized spacial score (nSPS) is 19.4. The summed E-state index contributed by atoms with van der Waals surface area (Å²) < 4.78 is 1.84. The molecule has 2 fully saturated rings. The minimum Gasteiger partial charge on any atom is -0.338 e. The van der Waals surface area contributed by atoms with Crippen LogP contribution < -0.4 is 5.69 Å². The Morgan fingerprint density at radius 1 is 0.967 bits per heavy atom. The van der Waals surface area contributed by atoms with Crippen molar-refractivity contribution in [3.63, 3.8) is 0 Å². The molecule has 3 aromatic rings. The average Bonchev–Trinajstić information content (AvgIpc) is 3.15. The molecule has 2 aliphatic heterocycles. The first-order valence-electron chi connectivity index (χ1n) is 10.7. The molecule has 30 heavy (non-hydrogen) atoms. The van der Waals surface area contributed by atoms with E-state index in [0.717, 1.165) is 63.0 Å². The van der Waals surface area contributed by atoms with Gasteiger partial charge in [0.1, 0.15) is 0 Å². The SMILES string of the molecule is O=C(c1cccnc1)N1CCC(N2CCC(n3c(=O)[nH]c4cccnc43)CC2)CC1. The van der Waals surface area contributed by atoms with Crippen LogP contribution in [0.4, 0.5) is 0 Å². The van der Waals surface area contributed by atoms with Crippen molar-refractivity contribution in [2.45, 2.75) is 37.8 Å². The first-order valence-corrected chi connectivity index (χ1v) is 10.7. The van der Waals surface area contributed by atoms with Crippen LogP contribution in [-0.2, 0) is 0 Å². The predicted octanol–water partition coefficient (Wildman–Crippen LogP) is 2.06. The summed E-state index contributed by atoms with van der Waals surface area (Å²) in [6, 6.07) is 8.06. The van der Waals surface area contributed by atoms with Gasteiger partial charge >= 0.3 is 5.69 Å². The molecular formula is C22H26N6O2. The lowest BCUT2D eigenvalue weighted by Crippen LogP contribution is -2.49. The largest absolute Gasteiger partial charge is 0.338 e. The first-order chi connectivity index (χ1) is 14.7. The molecule has 5 rings (SSSR count). The number of nitrogens with zero attached hydrogens (tertiary/aromatic N) is 5. The number of hydrogen-bond donors (Lipinski definition) is 1. The fourth-order valence-electron chi connectivity index (χ4n) is 4.91. The van der Waals surface area contributed by atoms with Crippen LogP contribution in [0.25, 0.3) is 11.2 Å². The van der Waals surface area contributed by atoms with Gasteiger partial charge in [0.15, 0.2) is 5.65 Å². The molecule has 156 valence electrons. The highest BCUT2D eigenvalue weighted by Crippen LogP contribution is 2.28. The molecule has 0 radical (unpaired) electrons. The Morgan fingerprint density at radius 2 is 1.70 bits per heavy atom. The second-order valence-electron chi connectivity index (χ2n) is 8.21. The van der Waals surface area contributed by atoms with E-state index in [-0.39, 0.29) is 17.6 Å². The van der Waals surface area contributed by atoms with Crippen molar-refractivity contribution in [3.8, 4) is 0 Å². The molecule has 8 heteroatoms. The minimum atomic E-state index is -0.0654. The Labute approximate surface area is 174 Å². The summed E-state index contributed by atoms with van der Waals surface area (Å²) in [5.74, 6) is 0.0754. The predicted molar refractivity (Wildman–Crippen MR) is 113 cm³/mol. The Morgan fingerprint density at radius 3 is 2.43 bits per heavy atom. The second-order valence-corrected chi connectivity index (χ2v) is 8.21. The molecule has 0 atom stereocenters. The standard InChI is InChI=1S/C22H26N6O2/c29-21(16-3-1-9-23-15-16)27-13-5-17(6-14-27)26-11-7-18(8-12-26)28-20-19(25-22(28)30)4-2-10-24-20/h1-4,9-10,15,17-18H,5-8,11-14H2,(H,25,30). The monoisotopic (exact) mass is 406 g/mol. The molecule has 8 nitrogen and oxygen atoms in total. The number of hydrogen-bond acceptors (Lipinski definition) is 5. The van der Waals surface area contributed by atoms with Gasteiger partial charge in [-0.25, -0.2) is 9.78 Å². The van der Waals surface area contributed by atoms with Gasteiger partial charge in [-0.15, -0.1) is 0 Å². The van der Waals surface area contributed by atoms with Gasteiger partial charge in [0.25, 0.3) is 5.91 Å². The number of imidazole rings is 1. The molecule has 0 aromatic carbocycles. The molecule has 0 spiro atoms. The number of H-pyrrole nitrogens is 1. The smallest absolute Gasteiger partial charge is 0.327 e. The third-order valence-electron chi connectivity index (χ3n) is 6.52. The highest BCUT2D eigenvalue weighted by atomic mass is 16.2. The summed E-state index contributed by atoms with van der Waals surface area (Å²) in [5.41, 5.74) is 2.15. The van der Waals surface area contributed by atoms with Crippen LogP contribution in [-0.4, -0.2) is 67.4 Å². The van der Waals surface area contributed by atoms with E-state index < -0.39 is 0 Å². The van der Waals surface area contributed by atoms with E-state index in [4.69, 9.17) is 0 Å². The number of rotatable bonds is 3. The fraction of sp³-hybridized carbons (Fsp3) is 0.455.